The molecule has 1 aromatic heterocycles. The Kier molecular flexibility index (Phi) is 8.29. The van der Waals surface area contributed by atoms with Crippen molar-refractivity contribution < 1.29 is 23.2 Å². The van der Waals surface area contributed by atoms with Gasteiger partial charge in [-0.15, -0.1) is 0 Å². The van der Waals surface area contributed by atoms with Crippen molar-refractivity contribution in [1.29, 1.82) is 0 Å². The van der Waals surface area contributed by atoms with E-state index in [1.165, 1.54) is 35.4 Å². The van der Waals surface area contributed by atoms with Gasteiger partial charge in [0.1, 0.15) is 11.9 Å². The molecule has 0 aliphatic heterocycles. The van der Waals surface area contributed by atoms with Gasteiger partial charge in [-0.1, -0.05) is 44.2 Å². The van der Waals surface area contributed by atoms with E-state index in [0.717, 1.165) is 5.56 Å². The minimum atomic E-state index is -1.11. The molecule has 0 aliphatic carbocycles. The van der Waals surface area contributed by atoms with Gasteiger partial charge in [0, 0.05) is 11.2 Å². The van der Waals surface area contributed by atoms with Gasteiger partial charge in [0.25, 0.3) is 5.91 Å². The number of nitrogens with zero attached hydrogens (tertiary/aromatic N) is 1. The summed E-state index contributed by atoms with van der Waals surface area (Å²) in [4.78, 5) is 40.8. The summed E-state index contributed by atoms with van der Waals surface area (Å²) >= 11 is 0. The number of carbonyl (C=O) groups is 3. The normalized spacial score (nSPS) is 12.2. The summed E-state index contributed by atoms with van der Waals surface area (Å²) in [6.07, 6.45) is 1.35. The number of furan rings is 1. The zero-order valence-corrected chi connectivity index (χ0v) is 21.2. The summed E-state index contributed by atoms with van der Waals surface area (Å²) in [6, 6.07) is 14.8. The lowest BCUT2D eigenvalue weighted by Gasteiger charge is -2.34. The highest BCUT2D eigenvalue weighted by atomic mass is 19.1. The largest absolute Gasteiger partial charge is 0.459 e. The molecule has 0 fully saturated rings. The van der Waals surface area contributed by atoms with Crippen LogP contribution in [0.4, 0.5) is 10.1 Å². The Hall–Kier alpha value is -3.94. The third kappa shape index (κ3) is 6.81. The van der Waals surface area contributed by atoms with Crippen LogP contribution >= 0.6 is 0 Å². The molecule has 3 amide bonds. The zero-order chi connectivity index (χ0) is 26.5. The maximum Gasteiger partial charge on any atom is 0.287 e. The van der Waals surface area contributed by atoms with Crippen LogP contribution in [0.25, 0.3) is 0 Å². The fraction of sp³-hybridized carbons (Fsp3) is 0.321. The molecular formula is C28H32FN3O4. The molecule has 8 heteroatoms. The zero-order valence-electron chi connectivity index (χ0n) is 21.2. The standard InChI is InChI=1S/C28H32FN3O4/c1-18(2)19-11-13-20(14-12-19)25(27(35)31-28(3,4)5)32(22-9-6-8-21(29)16-22)24(33)17-30-26(34)23-10-7-15-36-23/h6-16,18,25H,17H2,1-5H3,(H,30,34)(H,31,35)/t25-/m1/s1. The van der Waals surface area contributed by atoms with E-state index >= 15 is 0 Å². The van der Waals surface area contributed by atoms with Gasteiger partial charge >= 0.3 is 0 Å². The number of amides is 3. The van der Waals surface area contributed by atoms with Crippen molar-refractivity contribution in [2.24, 2.45) is 0 Å². The molecule has 0 aliphatic rings. The molecule has 0 unspecified atom stereocenters. The molecule has 190 valence electrons. The number of anilines is 1. The van der Waals surface area contributed by atoms with Crippen molar-refractivity contribution in [2.45, 2.75) is 52.1 Å². The first-order valence-electron chi connectivity index (χ1n) is 11.8. The van der Waals surface area contributed by atoms with Crippen molar-refractivity contribution >= 4 is 23.4 Å². The number of halogens is 1. The van der Waals surface area contributed by atoms with Gasteiger partial charge in [-0.3, -0.25) is 19.3 Å². The van der Waals surface area contributed by atoms with Crippen molar-refractivity contribution in [3.63, 3.8) is 0 Å². The van der Waals surface area contributed by atoms with Gasteiger partial charge in [0.05, 0.1) is 12.8 Å². The van der Waals surface area contributed by atoms with E-state index < -0.39 is 41.7 Å². The van der Waals surface area contributed by atoms with E-state index in [9.17, 15) is 18.8 Å². The average molecular weight is 494 g/mol. The van der Waals surface area contributed by atoms with Crippen LogP contribution in [-0.2, 0) is 9.59 Å². The Balaban J connectivity index is 2.04. The first kappa shape index (κ1) is 26.7. The van der Waals surface area contributed by atoms with E-state index in [4.69, 9.17) is 4.42 Å². The van der Waals surface area contributed by atoms with Crippen LogP contribution in [0.1, 0.15) is 68.3 Å². The molecule has 1 atom stereocenters. The fourth-order valence-electron chi connectivity index (χ4n) is 3.72. The molecule has 2 aromatic carbocycles. The monoisotopic (exact) mass is 493 g/mol. The third-order valence-electron chi connectivity index (χ3n) is 5.42. The van der Waals surface area contributed by atoms with Gasteiger partial charge in [-0.2, -0.15) is 0 Å². The van der Waals surface area contributed by atoms with E-state index in [-0.39, 0.29) is 17.4 Å². The van der Waals surface area contributed by atoms with Crippen LogP contribution < -0.4 is 15.5 Å². The number of rotatable bonds is 8. The molecule has 3 rings (SSSR count). The third-order valence-corrected chi connectivity index (χ3v) is 5.42. The molecule has 0 radical (unpaired) electrons. The quantitative estimate of drug-likeness (QED) is 0.464. The second kappa shape index (κ2) is 11.2. The van der Waals surface area contributed by atoms with E-state index in [1.807, 2.05) is 32.9 Å². The van der Waals surface area contributed by atoms with Crippen LogP contribution in [0.15, 0.2) is 71.3 Å². The van der Waals surface area contributed by atoms with Crippen molar-refractivity contribution in [2.75, 3.05) is 11.4 Å². The van der Waals surface area contributed by atoms with Crippen LogP contribution in [0.3, 0.4) is 0 Å². The Morgan fingerprint density at radius 3 is 2.19 bits per heavy atom. The van der Waals surface area contributed by atoms with Crippen LogP contribution in [0.5, 0.6) is 0 Å². The summed E-state index contributed by atoms with van der Waals surface area (Å²) in [6.45, 7) is 9.19. The highest BCUT2D eigenvalue weighted by molar-refractivity contribution is 6.04. The number of carbonyl (C=O) groups excluding carboxylic acids is 3. The molecular weight excluding hydrogens is 461 g/mol. The molecule has 2 N–H and O–H groups in total. The number of nitrogens with one attached hydrogen (secondary N) is 2. The summed E-state index contributed by atoms with van der Waals surface area (Å²) < 4.78 is 19.3. The van der Waals surface area contributed by atoms with Crippen LogP contribution in [-0.4, -0.2) is 29.8 Å². The SMILES string of the molecule is CC(C)c1ccc([C@H](C(=O)NC(C)(C)C)N(C(=O)CNC(=O)c2ccco2)c2cccc(F)c2)cc1. The van der Waals surface area contributed by atoms with Gasteiger partial charge in [0.15, 0.2) is 5.76 Å². The highest BCUT2D eigenvalue weighted by Gasteiger charge is 2.34. The minimum absolute atomic E-state index is 0.0476. The van der Waals surface area contributed by atoms with Crippen LogP contribution in [0.2, 0.25) is 0 Å². The Labute approximate surface area is 210 Å². The van der Waals surface area contributed by atoms with E-state index in [0.29, 0.717) is 5.56 Å². The lowest BCUT2D eigenvalue weighted by Crippen LogP contribution is -2.51. The molecule has 0 saturated carbocycles. The summed E-state index contributed by atoms with van der Waals surface area (Å²) in [7, 11) is 0. The smallest absolute Gasteiger partial charge is 0.287 e. The summed E-state index contributed by atoms with van der Waals surface area (Å²) in [5.74, 6) is -1.85. The molecule has 7 nitrogen and oxygen atoms in total. The molecule has 0 saturated heterocycles. The van der Waals surface area contributed by atoms with Gasteiger partial charge < -0.3 is 15.1 Å². The van der Waals surface area contributed by atoms with Gasteiger partial charge in [0.2, 0.25) is 11.8 Å². The second-order valence-electron chi connectivity index (χ2n) is 9.87. The summed E-state index contributed by atoms with van der Waals surface area (Å²) in [5, 5.41) is 5.45. The average Bonchev–Trinajstić information content (AvgIpc) is 3.34. The maximum absolute atomic E-state index is 14.3. The number of benzene rings is 2. The first-order chi connectivity index (χ1) is 17.0. The molecule has 36 heavy (non-hydrogen) atoms. The Bertz CT molecular complexity index is 1200. The summed E-state index contributed by atoms with van der Waals surface area (Å²) in [5.41, 5.74) is 1.23. The first-order valence-corrected chi connectivity index (χ1v) is 11.8. The predicted octanol–water partition coefficient (Wildman–Crippen LogP) is 4.96. The van der Waals surface area contributed by atoms with Gasteiger partial charge in [-0.25, -0.2) is 4.39 Å². The predicted molar refractivity (Wildman–Crippen MR) is 136 cm³/mol. The number of hydrogen-bond donors (Lipinski definition) is 2. The lowest BCUT2D eigenvalue weighted by molar-refractivity contribution is -0.127. The van der Waals surface area contributed by atoms with Crippen LogP contribution in [0, 0.1) is 5.82 Å². The molecule has 0 spiro atoms. The highest BCUT2D eigenvalue weighted by Crippen LogP contribution is 2.30. The van der Waals surface area contributed by atoms with E-state index in [1.54, 1.807) is 24.3 Å². The van der Waals surface area contributed by atoms with E-state index in [2.05, 4.69) is 24.5 Å². The fourth-order valence-corrected chi connectivity index (χ4v) is 3.72. The minimum Gasteiger partial charge on any atom is -0.459 e. The number of hydrogen-bond acceptors (Lipinski definition) is 4. The van der Waals surface area contributed by atoms with Crippen molar-refractivity contribution in [1.82, 2.24) is 10.6 Å². The molecule has 3 aromatic rings. The molecule has 1 heterocycles. The topological polar surface area (TPSA) is 91.7 Å². The Morgan fingerprint density at radius 1 is 0.972 bits per heavy atom. The lowest BCUT2D eigenvalue weighted by atomic mass is 9.96. The van der Waals surface area contributed by atoms with Crippen molar-refractivity contribution in [3.05, 3.63) is 89.6 Å². The maximum atomic E-state index is 14.3. The van der Waals surface area contributed by atoms with Gasteiger partial charge in [-0.05, 0) is 68.1 Å². The second-order valence-corrected chi connectivity index (χ2v) is 9.87. The van der Waals surface area contributed by atoms with Crippen molar-refractivity contribution in [3.8, 4) is 0 Å². The molecule has 0 bridgehead atoms. The Morgan fingerprint density at radius 2 is 1.64 bits per heavy atom.